The molecule has 1 fully saturated rings. The van der Waals surface area contributed by atoms with Crippen molar-refractivity contribution in [3.8, 4) is 0 Å². The number of carboxylic acid groups (broad SMARTS) is 1. The number of halogens is 2. The molecule has 0 aromatic heterocycles. The van der Waals surface area contributed by atoms with E-state index in [1.807, 2.05) is 0 Å². The van der Waals surface area contributed by atoms with E-state index in [1.54, 1.807) is 0 Å². The maximum Gasteiger partial charge on any atom is 0.313 e. The summed E-state index contributed by atoms with van der Waals surface area (Å²) < 4.78 is 18.1. The zero-order valence-corrected chi connectivity index (χ0v) is 11.4. The Balaban J connectivity index is 2.17. The predicted octanol–water partition coefficient (Wildman–Crippen LogP) is 1.70. The molecule has 1 aliphatic heterocycles. The average molecular weight is 302 g/mol. The Kier molecular flexibility index (Phi) is 3.96. The van der Waals surface area contributed by atoms with Crippen LogP contribution in [0.4, 0.5) is 4.39 Å². The van der Waals surface area contributed by atoms with Crippen molar-refractivity contribution < 1.29 is 23.8 Å². The van der Waals surface area contributed by atoms with Crippen LogP contribution in [-0.2, 0) is 9.53 Å². The van der Waals surface area contributed by atoms with Crippen molar-refractivity contribution in [2.75, 3.05) is 13.2 Å². The van der Waals surface area contributed by atoms with Gasteiger partial charge in [-0.3, -0.25) is 9.59 Å². The standard InChI is InChI=1S/C13H13ClFNO4/c1-13(12(18)19)6-20-5-10(13)16-11(17)8-3-2-7(15)4-9(8)14/h2-4,10H,5-6H2,1H3,(H,16,17)(H,18,19). The zero-order chi connectivity index (χ0) is 14.9. The van der Waals surface area contributed by atoms with Gasteiger partial charge in [-0.2, -0.15) is 0 Å². The quantitative estimate of drug-likeness (QED) is 0.891. The van der Waals surface area contributed by atoms with Crippen molar-refractivity contribution in [2.45, 2.75) is 13.0 Å². The minimum absolute atomic E-state index is 0.0183. The highest BCUT2D eigenvalue weighted by Gasteiger charge is 2.47. The second-order valence-electron chi connectivity index (χ2n) is 4.89. The number of carboxylic acids is 1. The molecule has 2 rings (SSSR count). The first kappa shape index (κ1) is 14.7. The lowest BCUT2D eigenvalue weighted by atomic mass is 9.85. The molecule has 1 aromatic rings. The Bertz CT molecular complexity index is 565. The zero-order valence-electron chi connectivity index (χ0n) is 10.7. The average Bonchev–Trinajstić information content (AvgIpc) is 2.72. The van der Waals surface area contributed by atoms with Crippen LogP contribution < -0.4 is 5.32 Å². The summed E-state index contributed by atoms with van der Waals surface area (Å²) in [6, 6.07) is 2.72. The van der Waals surface area contributed by atoms with Gasteiger partial charge in [0, 0.05) is 0 Å². The molecule has 5 nitrogen and oxygen atoms in total. The van der Waals surface area contributed by atoms with E-state index in [9.17, 15) is 19.1 Å². The number of amides is 1. The molecule has 1 aliphatic rings. The highest BCUT2D eigenvalue weighted by molar-refractivity contribution is 6.33. The van der Waals surface area contributed by atoms with Crippen molar-refractivity contribution >= 4 is 23.5 Å². The number of nitrogens with one attached hydrogen (secondary N) is 1. The van der Waals surface area contributed by atoms with Gasteiger partial charge in [0.15, 0.2) is 0 Å². The number of ether oxygens (including phenoxy) is 1. The van der Waals surface area contributed by atoms with Gasteiger partial charge in [-0.15, -0.1) is 0 Å². The molecule has 0 bridgehead atoms. The van der Waals surface area contributed by atoms with Crippen molar-refractivity contribution in [3.63, 3.8) is 0 Å². The summed E-state index contributed by atoms with van der Waals surface area (Å²) in [4.78, 5) is 23.3. The lowest BCUT2D eigenvalue weighted by Gasteiger charge is -2.25. The number of carbonyl (C=O) groups excluding carboxylic acids is 1. The van der Waals surface area contributed by atoms with E-state index in [-0.39, 0.29) is 23.8 Å². The van der Waals surface area contributed by atoms with E-state index < -0.39 is 29.2 Å². The molecule has 20 heavy (non-hydrogen) atoms. The molecular weight excluding hydrogens is 289 g/mol. The van der Waals surface area contributed by atoms with Crippen LogP contribution in [0.25, 0.3) is 0 Å². The van der Waals surface area contributed by atoms with E-state index in [2.05, 4.69) is 5.32 Å². The molecule has 1 saturated heterocycles. The molecule has 7 heteroatoms. The molecular formula is C13H13ClFNO4. The fourth-order valence-electron chi connectivity index (χ4n) is 1.99. The molecule has 2 N–H and O–H groups in total. The van der Waals surface area contributed by atoms with Gasteiger partial charge in [0.05, 0.1) is 29.8 Å². The van der Waals surface area contributed by atoms with Crippen molar-refractivity contribution in [1.29, 1.82) is 0 Å². The molecule has 108 valence electrons. The van der Waals surface area contributed by atoms with Gasteiger partial charge in [-0.05, 0) is 25.1 Å². The van der Waals surface area contributed by atoms with Crippen LogP contribution in [0, 0.1) is 11.2 Å². The van der Waals surface area contributed by atoms with Crippen LogP contribution in [0.1, 0.15) is 17.3 Å². The summed E-state index contributed by atoms with van der Waals surface area (Å²) in [5.74, 6) is -2.16. The summed E-state index contributed by atoms with van der Waals surface area (Å²) in [5, 5.41) is 11.8. The topological polar surface area (TPSA) is 75.6 Å². The highest BCUT2D eigenvalue weighted by Crippen LogP contribution is 2.29. The molecule has 2 atom stereocenters. The number of benzene rings is 1. The number of hydrogen-bond acceptors (Lipinski definition) is 3. The van der Waals surface area contributed by atoms with E-state index >= 15 is 0 Å². The third kappa shape index (κ3) is 2.62. The van der Waals surface area contributed by atoms with Gasteiger partial charge in [-0.25, -0.2) is 4.39 Å². The lowest BCUT2D eigenvalue weighted by Crippen LogP contribution is -2.49. The first-order valence-electron chi connectivity index (χ1n) is 5.91. The minimum Gasteiger partial charge on any atom is -0.481 e. The third-order valence-electron chi connectivity index (χ3n) is 3.43. The smallest absolute Gasteiger partial charge is 0.313 e. The number of hydrogen-bond donors (Lipinski definition) is 2. The number of aliphatic carboxylic acids is 1. The van der Waals surface area contributed by atoms with Crippen molar-refractivity contribution in [3.05, 3.63) is 34.6 Å². The summed E-state index contributed by atoms with van der Waals surface area (Å²) in [5.41, 5.74) is -1.10. The second kappa shape index (κ2) is 5.38. The molecule has 0 saturated carbocycles. The maximum absolute atomic E-state index is 12.9. The monoisotopic (exact) mass is 301 g/mol. The molecule has 2 unspecified atom stereocenters. The normalized spacial score (nSPS) is 25.4. The largest absolute Gasteiger partial charge is 0.481 e. The Morgan fingerprint density at radius 2 is 2.25 bits per heavy atom. The Hall–Kier alpha value is -1.66. The second-order valence-corrected chi connectivity index (χ2v) is 5.30. The van der Waals surface area contributed by atoms with Gasteiger partial charge in [-0.1, -0.05) is 11.6 Å². The van der Waals surface area contributed by atoms with Crippen LogP contribution in [-0.4, -0.2) is 36.2 Å². The van der Waals surface area contributed by atoms with Gasteiger partial charge >= 0.3 is 5.97 Å². The fourth-order valence-corrected chi connectivity index (χ4v) is 2.25. The first-order valence-corrected chi connectivity index (χ1v) is 6.29. The highest BCUT2D eigenvalue weighted by atomic mass is 35.5. The Morgan fingerprint density at radius 1 is 1.55 bits per heavy atom. The van der Waals surface area contributed by atoms with Crippen LogP contribution >= 0.6 is 11.6 Å². The SMILES string of the molecule is CC1(C(=O)O)COCC1NC(=O)c1ccc(F)cc1Cl. The van der Waals surface area contributed by atoms with Gasteiger partial charge < -0.3 is 15.2 Å². The van der Waals surface area contributed by atoms with E-state index in [4.69, 9.17) is 16.3 Å². The Morgan fingerprint density at radius 3 is 2.85 bits per heavy atom. The van der Waals surface area contributed by atoms with Gasteiger partial charge in [0.2, 0.25) is 0 Å². The van der Waals surface area contributed by atoms with Crippen LogP contribution in [0.2, 0.25) is 5.02 Å². The van der Waals surface area contributed by atoms with E-state index in [1.165, 1.54) is 13.0 Å². The van der Waals surface area contributed by atoms with Crippen LogP contribution in [0.15, 0.2) is 18.2 Å². The van der Waals surface area contributed by atoms with Crippen molar-refractivity contribution in [1.82, 2.24) is 5.32 Å². The molecule has 0 spiro atoms. The molecule has 0 radical (unpaired) electrons. The van der Waals surface area contributed by atoms with Gasteiger partial charge in [0.1, 0.15) is 11.2 Å². The minimum atomic E-state index is -1.19. The van der Waals surface area contributed by atoms with Gasteiger partial charge in [0.25, 0.3) is 5.91 Å². The van der Waals surface area contributed by atoms with Crippen molar-refractivity contribution in [2.24, 2.45) is 5.41 Å². The van der Waals surface area contributed by atoms with E-state index in [0.29, 0.717) is 0 Å². The maximum atomic E-state index is 12.9. The first-order chi connectivity index (χ1) is 9.34. The summed E-state index contributed by atoms with van der Waals surface area (Å²) in [6.45, 7) is 1.62. The summed E-state index contributed by atoms with van der Waals surface area (Å²) in [7, 11) is 0. The summed E-state index contributed by atoms with van der Waals surface area (Å²) in [6.07, 6.45) is 0. The number of rotatable bonds is 3. The predicted molar refractivity (Wildman–Crippen MR) is 69.2 cm³/mol. The summed E-state index contributed by atoms with van der Waals surface area (Å²) >= 11 is 5.80. The Labute approximate surface area is 119 Å². The van der Waals surface area contributed by atoms with Crippen LogP contribution in [0.3, 0.4) is 0 Å². The third-order valence-corrected chi connectivity index (χ3v) is 3.74. The van der Waals surface area contributed by atoms with Crippen LogP contribution in [0.5, 0.6) is 0 Å². The molecule has 1 amide bonds. The fraction of sp³-hybridized carbons (Fsp3) is 0.385. The molecule has 1 aromatic carbocycles. The lowest BCUT2D eigenvalue weighted by molar-refractivity contribution is -0.148. The molecule has 1 heterocycles. The van der Waals surface area contributed by atoms with E-state index in [0.717, 1.165) is 12.1 Å². The number of carbonyl (C=O) groups is 2. The molecule has 0 aliphatic carbocycles.